The Balaban J connectivity index is 2.81. The second-order valence-corrected chi connectivity index (χ2v) is 4.37. The molecule has 0 aromatic heterocycles. The van der Waals surface area contributed by atoms with Gasteiger partial charge in [-0.15, -0.1) is 0 Å². The van der Waals surface area contributed by atoms with Gasteiger partial charge in [-0.25, -0.2) is 0 Å². The Labute approximate surface area is 100.0 Å². The largest absolute Gasteiger partial charge is 0.391 e. The molecule has 0 bridgehead atoms. The van der Waals surface area contributed by atoms with Gasteiger partial charge in [-0.1, -0.05) is 42.6 Å². The molecule has 1 rings (SSSR count). The molecule has 0 saturated carbocycles. The third-order valence-corrected chi connectivity index (χ3v) is 3.07. The average Bonchev–Trinajstić information content (AvgIpc) is 2.21. The van der Waals surface area contributed by atoms with Gasteiger partial charge in [0, 0.05) is 0 Å². The van der Waals surface area contributed by atoms with Crippen molar-refractivity contribution >= 4 is 23.2 Å². The second-order valence-electron chi connectivity index (χ2n) is 3.56. The van der Waals surface area contributed by atoms with Crippen molar-refractivity contribution in [2.75, 3.05) is 0 Å². The van der Waals surface area contributed by atoms with Gasteiger partial charge in [0.15, 0.2) is 0 Å². The standard InChI is InChI=1S/C11H15Cl2NO/c1-2-3-10(15)11(14)7-4-5-8(12)9(13)6-7/h4-6,10-11,15H,2-3,14H2,1H3/t10-,11+/m0/s1. The van der Waals surface area contributed by atoms with E-state index >= 15 is 0 Å². The highest BCUT2D eigenvalue weighted by Gasteiger charge is 2.16. The minimum Gasteiger partial charge on any atom is -0.391 e. The van der Waals surface area contributed by atoms with Crippen molar-refractivity contribution in [3.63, 3.8) is 0 Å². The molecule has 15 heavy (non-hydrogen) atoms. The highest BCUT2D eigenvalue weighted by Crippen LogP contribution is 2.26. The van der Waals surface area contributed by atoms with Crippen LogP contribution in [0.2, 0.25) is 10.0 Å². The van der Waals surface area contributed by atoms with Crippen molar-refractivity contribution in [1.82, 2.24) is 0 Å². The van der Waals surface area contributed by atoms with Crippen LogP contribution in [0.15, 0.2) is 18.2 Å². The summed E-state index contributed by atoms with van der Waals surface area (Å²) < 4.78 is 0. The first-order valence-electron chi connectivity index (χ1n) is 4.94. The van der Waals surface area contributed by atoms with Crippen LogP contribution in [0, 0.1) is 0 Å². The van der Waals surface area contributed by atoms with Gasteiger partial charge in [0.1, 0.15) is 0 Å². The van der Waals surface area contributed by atoms with Gasteiger partial charge in [0.05, 0.1) is 22.2 Å². The molecule has 0 aliphatic heterocycles. The Bertz CT molecular complexity index is 330. The summed E-state index contributed by atoms with van der Waals surface area (Å²) in [5.74, 6) is 0. The molecule has 2 nitrogen and oxygen atoms in total. The predicted molar refractivity (Wildman–Crippen MR) is 64.3 cm³/mol. The van der Waals surface area contributed by atoms with E-state index in [1.54, 1.807) is 18.2 Å². The third kappa shape index (κ3) is 3.35. The van der Waals surface area contributed by atoms with Crippen LogP contribution in [-0.4, -0.2) is 11.2 Å². The van der Waals surface area contributed by atoms with Crippen molar-refractivity contribution in [3.8, 4) is 0 Å². The molecule has 0 amide bonds. The smallest absolute Gasteiger partial charge is 0.0732 e. The van der Waals surface area contributed by atoms with Crippen LogP contribution in [0.25, 0.3) is 0 Å². The van der Waals surface area contributed by atoms with E-state index in [2.05, 4.69) is 0 Å². The molecule has 3 N–H and O–H groups in total. The summed E-state index contributed by atoms with van der Waals surface area (Å²) in [5, 5.41) is 10.7. The van der Waals surface area contributed by atoms with Crippen molar-refractivity contribution in [3.05, 3.63) is 33.8 Å². The molecular formula is C11H15Cl2NO. The first-order chi connectivity index (χ1) is 7.06. The monoisotopic (exact) mass is 247 g/mol. The lowest BCUT2D eigenvalue weighted by molar-refractivity contribution is 0.134. The van der Waals surface area contributed by atoms with Gasteiger partial charge in [-0.3, -0.25) is 0 Å². The highest BCUT2D eigenvalue weighted by molar-refractivity contribution is 6.42. The lowest BCUT2D eigenvalue weighted by Crippen LogP contribution is -2.25. The van der Waals surface area contributed by atoms with E-state index in [0.717, 1.165) is 12.0 Å². The molecule has 1 aromatic carbocycles. The van der Waals surface area contributed by atoms with E-state index in [9.17, 15) is 5.11 Å². The molecule has 0 aliphatic carbocycles. The van der Waals surface area contributed by atoms with E-state index in [0.29, 0.717) is 16.5 Å². The Morgan fingerprint density at radius 3 is 2.53 bits per heavy atom. The number of rotatable bonds is 4. The van der Waals surface area contributed by atoms with Crippen LogP contribution in [0.5, 0.6) is 0 Å². The Morgan fingerprint density at radius 1 is 1.33 bits per heavy atom. The minimum absolute atomic E-state index is 0.403. The minimum atomic E-state index is -0.535. The molecule has 1 aromatic rings. The van der Waals surface area contributed by atoms with E-state index in [1.165, 1.54) is 0 Å². The van der Waals surface area contributed by atoms with Gasteiger partial charge in [-0.05, 0) is 24.1 Å². The topological polar surface area (TPSA) is 46.2 Å². The van der Waals surface area contributed by atoms with E-state index in [1.807, 2.05) is 6.92 Å². The Morgan fingerprint density at radius 2 is 2.00 bits per heavy atom. The van der Waals surface area contributed by atoms with Crippen LogP contribution in [0.4, 0.5) is 0 Å². The van der Waals surface area contributed by atoms with E-state index in [4.69, 9.17) is 28.9 Å². The number of hydrogen-bond acceptors (Lipinski definition) is 2. The number of aliphatic hydroxyl groups excluding tert-OH is 1. The van der Waals surface area contributed by atoms with E-state index in [-0.39, 0.29) is 0 Å². The maximum absolute atomic E-state index is 9.73. The van der Waals surface area contributed by atoms with Crippen LogP contribution >= 0.6 is 23.2 Å². The summed E-state index contributed by atoms with van der Waals surface area (Å²) in [6, 6.07) is 4.78. The predicted octanol–water partition coefficient (Wildman–Crippen LogP) is 3.15. The molecule has 84 valence electrons. The quantitative estimate of drug-likeness (QED) is 0.859. The fourth-order valence-electron chi connectivity index (χ4n) is 1.42. The lowest BCUT2D eigenvalue weighted by atomic mass is 9.99. The number of hydrogen-bond donors (Lipinski definition) is 2. The first-order valence-corrected chi connectivity index (χ1v) is 5.70. The summed E-state index contributed by atoms with van der Waals surface area (Å²) in [4.78, 5) is 0. The number of halogens is 2. The van der Waals surface area contributed by atoms with Crippen molar-refractivity contribution in [2.45, 2.75) is 31.9 Å². The number of aliphatic hydroxyl groups is 1. The van der Waals surface area contributed by atoms with Crippen molar-refractivity contribution < 1.29 is 5.11 Å². The summed E-state index contributed by atoms with van der Waals surface area (Å²) in [6.45, 7) is 2.00. The van der Waals surface area contributed by atoms with Crippen LogP contribution in [-0.2, 0) is 0 Å². The van der Waals surface area contributed by atoms with Gasteiger partial charge in [-0.2, -0.15) is 0 Å². The molecule has 0 spiro atoms. The van der Waals surface area contributed by atoms with Crippen LogP contribution in [0.3, 0.4) is 0 Å². The Hall–Kier alpha value is -0.280. The highest BCUT2D eigenvalue weighted by atomic mass is 35.5. The fourth-order valence-corrected chi connectivity index (χ4v) is 1.72. The fraction of sp³-hybridized carbons (Fsp3) is 0.455. The van der Waals surface area contributed by atoms with Crippen LogP contribution in [0.1, 0.15) is 31.4 Å². The molecule has 4 heteroatoms. The molecule has 2 atom stereocenters. The SMILES string of the molecule is CCC[C@H](O)[C@H](N)c1ccc(Cl)c(Cl)c1. The van der Waals surface area contributed by atoms with Crippen LogP contribution < -0.4 is 5.73 Å². The maximum Gasteiger partial charge on any atom is 0.0732 e. The zero-order chi connectivity index (χ0) is 11.4. The van der Waals surface area contributed by atoms with Gasteiger partial charge in [0.2, 0.25) is 0 Å². The molecule has 0 heterocycles. The van der Waals surface area contributed by atoms with Crippen molar-refractivity contribution in [1.29, 1.82) is 0 Å². The molecule has 0 unspecified atom stereocenters. The molecule has 0 fully saturated rings. The zero-order valence-electron chi connectivity index (χ0n) is 8.58. The number of benzene rings is 1. The van der Waals surface area contributed by atoms with Crippen molar-refractivity contribution in [2.24, 2.45) is 5.73 Å². The molecular weight excluding hydrogens is 233 g/mol. The summed E-state index contributed by atoms with van der Waals surface area (Å²) >= 11 is 11.7. The van der Waals surface area contributed by atoms with E-state index < -0.39 is 12.1 Å². The molecule has 0 aliphatic rings. The Kier molecular flexibility index (Phi) is 4.87. The summed E-state index contributed by atoms with van der Waals surface area (Å²) in [7, 11) is 0. The molecule has 0 saturated heterocycles. The summed E-state index contributed by atoms with van der Waals surface area (Å²) in [5.41, 5.74) is 6.70. The normalized spacial score (nSPS) is 15.0. The maximum atomic E-state index is 9.73. The van der Waals surface area contributed by atoms with Gasteiger partial charge in [0.25, 0.3) is 0 Å². The molecule has 0 radical (unpaired) electrons. The summed E-state index contributed by atoms with van der Waals surface area (Å²) in [6.07, 6.45) is 1.05. The second kappa shape index (κ2) is 5.71. The lowest BCUT2D eigenvalue weighted by Gasteiger charge is -2.18. The zero-order valence-corrected chi connectivity index (χ0v) is 10.1. The third-order valence-electron chi connectivity index (χ3n) is 2.33. The van der Waals surface area contributed by atoms with Gasteiger partial charge < -0.3 is 10.8 Å². The van der Waals surface area contributed by atoms with Gasteiger partial charge >= 0.3 is 0 Å². The average molecular weight is 248 g/mol. The number of nitrogens with two attached hydrogens (primary N) is 1. The first kappa shape index (κ1) is 12.8.